The van der Waals surface area contributed by atoms with Crippen molar-refractivity contribution in [3.05, 3.63) is 60.7 Å². The lowest BCUT2D eigenvalue weighted by Crippen LogP contribution is -2.53. The van der Waals surface area contributed by atoms with Gasteiger partial charge in [-0.3, -0.25) is 9.80 Å². The molecule has 2 saturated heterocycles. The number of aromatic nitrogens is 1. The number of rotatable bonds is 5. The summed E-state index contributed by atoms with van der Waals surface area (Å²) in [6.45, 7) is 7.66. The smallest absolute Gasteiger partial charge is 0.0730 e. The Balaban J connectivity index is 1.33. The molecule has 0 unspecified atom stereocenters. The van der Waals surface area contributed by atoms with E-state index >= 15 is 0 Å². The van der Waals surface area contributed by atoms with Crippen LogP contribution in [0.25, 0.3) is 22.2 Å². The topological polar surface area (TPSA) is 42.8 Å². The molecule has 2 fully saturated rings. The number of piperazine rings is 1. The predicted molar refractivity (Wildman–Crippen MR) is 128 cm³/mol. The quantitative estimate of drug-likeness (QED) is 0.690. The normalized spacial score (nSPS) is 19.2. The van der Waals surface area contributed by atoms with Gasteiger partial charge in [-0.1, -0.05) is 48.5 Å². The molecule has 0 atom stereocenters. The van der Waals surface area contributed by atoms with E-state index in [0.717, 1.165) is 57.0 Å². The highest BCUT2D eigenvalue weighted by Gasteiger charge is 2.28. The van der Waals surface area contributed by atoms with Crippen LogP contribution < -0.4 is 4.90 Å². The van der Waals surface area contributed by atoms with Crippen molar-refractivity contribution in [3.8, 4) is 11.3 Å². The Bertz CT molecular complexity index is 993. The number of aliphatic hydroxyl groups is 1. The van der Waals surface area contributed by atoms with Crippen molar-refractivity contribution in [3.63, 3.8) is 0 Å². The van der Waals surface area contributed by atoms with Crippen LogP contribution in [0.4, 0.5) is 5.69 Å². The van der Waals surface area contributed by atoms with Crippen LogP contribution in [0.15, 0.2) is 60.7 Å². The van der Waals surface area contributed by atoms with Crippen LogP contribution in [0.2, 0.25) is 0 Å². The Labute approximate surface area is 184 Å². The highest BCUT2D eigenvalue weighted by molar-refractivity contribution is 5.94. The molecule has 5 heteroatoms. The SMILES string of the molecule is OCCN1CCN(C2CCN(c3cc(-c4ccccc4)nc4ccccc34)CC2)CC1. The van der Waals surface area contributed by atoms with Gasteiger partial charge in [-0.15, -0.1) is 0 Å². The first-order chi connectivity index (χ1) is 15.3. The minimum atomic E-state index is 0.267. The lowest BCUT2D eigenvalue weighted by Gasteiger charge is -2.43. The Hall–Kier alpha value is -2.47. The molecule has 0 aliphatic carbocycles. The molecule has 0 radical (unpaired) electrons. The van der Waals surface area contributed by atoms with Gasteiger partial charge in [0, 0.05) is 68.5 Å². The van der Waals surface area contributed by atoms with Gasteiger partial charge in [0.15, 0.2) is 0 Å². The molecule has 3 heterocycles. The first-order valence-corrected chi connectivity index (χ1v) is 11.6. The van der Waals surface area contributed by atoms with Crippen molar-refractivity contribution in [2.75, 3.05) is 57.3 Å². The lowest BCUT2D eigenvalue weighted by molar-refractivity contribution is 0.0747. The van der Waals surface area contributed by atoms with E-state index in [1.165, 1.54) is 29.5 Å². The lowest BCUT2D eigenvalue weighted by atomic mass is 10.00. The summed E-state index contributed by atoms with van der Waals surface area (Å²) in [5, 5.41) is 10.4. The van der Waals surface area contributed by atoms with Gasteiger partial charge in [-0.25, -0.2) is 4.98 Å². The fraction of sp³-hybridized carbons (Fsp3) is 0.423. The van der Waals surface area contributed by atoms with Gasteiger partial charge in [0.05, 0.1) is 17.8 Å². The van der Waals surface area contributed by atoms with Gasteiger partial charge in [0.2, 0.25) is 0 Å². The summed E-state index contributed by atoms with van der Waals surface area (Å²) >= 11 is 0. The molecule has 5 rings (SSSR count). The van der Waals surface area contributed by atoms with Gasteiger partial charge in [-0.2, -0.15) is 0 Å². The molecule has 0 amide bonds. The maximum absolute atomic E-state index is 9.17. The zero-order chi connectivity index (χ0) is 21.0. The molecule has 2 aromatic carbocycles. The van der Waals surface area contributed by atoms with E-state index < -0.39 is 0 Å². The van der Waals surface area contributed by atoms with Crippen LogP contribution in [-0.4, -0.2) is 78.4 Å². The Morgan fingerprint density at radius 2 is 1.55 bits per heavy atom. The summed E-state index contributed by atoms with van der Waals surface area (Å²) in [4.78, 5) is 12.6. The largest absolute Gasteiger partial charge is 0.395 e. The first kappa shape index (κ1) is 20.4. The standard InChI is InChI=1S/C26H32N4O/c31-19-18-28-14-16-29(17-15-28)22-10-12-30(13-11-22)26-20-25(21-6-2-1-3-7-21)27-24-9-5-4-8-23(24)26/h1-9,20,22,31H,10-19H2. The average Bonchev–Trinajstić information content (AvgIpc) is 2.85. The highest BCUT2D eigenvalue weighted by Crippen LogP contribution is 2.33. The van der Waals surface area contributed by atoms with E-state index in [2.05, 4.69) is 75.4 Å². The number of fused-ring (bicyclic) bond motifs is 1. The Morgan fingerprint density at radius 1 is 0.839 bits per heavy atom. The highest BCUT2D eigenvalue weighted by atomic mass is 16.3. The monoisotopic (exact) mass is 416 g/mol. The average molecular weight is 417 g/mol. The minimum Gasteiger partial charge on any atom is -0.395 e. The summed E-state index contributed by atoms with van der Waals surface area (Å²) in [7, 11) is 0. The molecule has 0 saturated carbocycles. The number of piperidine rings is 1. The van der Waals surface area contributed by atoms with Crippen molar-refractivity contribution in [2.45, 2.75) is 18.9 Å². The second-order valence-corrected chi connectivity index (χ2v) is 8.73. The zero-order valence-electron chi connectivity index (χ0n) is 18.2. The minimum absolute atomic E-state index is 0.267. The van der Waals surface area contributed by atoms with Gasteiger partial charge in [0.1, 0.15) is 0 Å². The number of pyridine rings is 1. The maximum atomic E-state index is 9.17. The number of nitrogens with zero attached hydrogens (tertiary/aromatic N) is 4. The van der Waals surface area contributed by atoms with Crippen LogP contribution in [0, 0.1) is 0 Å². The third kappa shape index (κ3) is 4.45. The third-order valence-electron chi connectivity index (χ3n) is 6.91. The Morgan fingerprint density at radius 3 is 2.29 bits per heavy atom. The zero-order valence-corrected chi connectivity index (χ0v) is 18.2. The molecule has 31 heavy (non-hydrogen) atoms. The summed E-state index contributed by atoms with van der Waals surface area (Å²) in [6, 6.07) is 22.0. The molecule has 2 aliphatic rings. The van der Waals surface area contributed by atoms with E-state index in [4.69, 9.17) is 4.98 Å². The van der Waals surface area contributed by atoms with Gasteiger partial charge < -0.3 is 10.0 Å². The van der Waals surface area contributed by atoms with E-state index in [-0.39, 0.29) is 6.61 Å². The number of hydrogen-bond acceptors (Lipinski definition) is 5. The number of anilines is 1. The molecule has 162 valence electrons. The fourth-order valence-corrected chi connectivity index (χ4v) is 5.14. The van der Waals surface area contributed by atoms with Crippen LogP contribution in [0.3, 0.4) is 0 Å². The Kier molecular flexibility index (Phi) is 6.16. The van der Waals surface area contributed by atoms with Crippen LogP contribution >= 0.6 is 0 Å². The first-order valence-electron chi connectivity index (χ1n) is 11.6. The molecule has 5 nitrogen and oxygen atoms in total. The summed E-state index contributed by atoms with van der Waals surface area (Å²) in [5.41, 5.74) is 4.61. The summed E-state index contributed by atoms with van der Waals surface area (Å²) in [6.07, 6.45) is 2.41. The van der Waals surface area contributed by atoms with Crippen molar-refractivity contribution in [1.82, 2.24) is 14.8 Å². The molecule has 0 bridgehead atoms. The molecular formula is C26H32N4O. The van der Waals surface area contributed by atoms with Crippen molar-refractivity contribution in [1.29, 1.82) is 0 Å². The second-order valence-electron chi connectivity index (χ2n) is 8.73. The van der Waals surface area contributed by atoms with Crippen molar-refractivity contribution in [2.24, 2.45) is 0 Å². The van der Waals surface area contributed by atoms with Crippen molar-refractivity contribution < 1.29 is 5.11 Å². The summed E-state index contributed by atoms with van der Waals surface area (Å²) < 4.78 is 0. The van der Waals surface area contributed by atoms with E-state index in [1.54, 1.807) is 0 Å². The van der Waals surface area contributed by atoms with Gasteiger partial charge in [-0.05, 0) is 25.0 Å². The maximum Gasteiger partial charge on any atom is 0.0730 e. The molecule has 1 aromatic heterocycles. The van der Waals surface area contributed by atoms with Crippen LogP contribution in [0.5, 0.6) is 0 Å². The molecule has 0 spiro atoms. The number of hydrogen-bond donors (Lipinski definition) is 1. The number of para-hydroxylation sites is 1. The molecule has 1 N–H and O–H groups in total. The van der Waals surface area contributed by atoms with Crippen LogP contribution in [-0.2, 0) is 0 Å². The number of aliphatic hydroxyl groups excluding tert-OH is 1. The number of benzene rings is 2. The second kappa shape index (κ2) is 9.35. The van der Waals surface area contributed by atoms with E-state index in [9.17, 15) is 5.11 Å². The molecule has 3 aromatic rings. The van der Waals surface area contributed by atoms with E-state index in [0.29, 0.717) is 6.04 Å². The molecule has 2 aliphatic heterocycles. The van der Waals surface area contributed by atoms with Crippen LogP contribution in [0.1, 0.15) is 12.8 Å². The number of β-amino-alcohol motifs (C(OH)–C–C–N with tert-alkyl or cyclic N) is 1. The third-order valence-corrected chi connectivity index (χ3v) is 6.91. The van der Waals surface area contributed by atoms with Gasteiger partial charge >= 0.3 is 0 Å². The van der Waals surface area contributed by atoms with Crippen molar-refractivity contribution >= 4 is 16.6 Å². The fourth-order valence-electron chi connectivity index (χ4n) is 5.14. The van der Waals surface area contributed by atoms with E-state index in [1.807, 2.05) is 0 Å². The predicted octanol–water partition coefficient (Wildman–Crippen LogP) is 3.48. The summed E-state index contributed by atoms with van der Waals surface area (Å²) in [5.74, 6) is 0. The van der Waals surface area contributed by atoms with Gasteiger partial charge in [0.25, 0.3) is 0 Å². The molecular weight excluding hydrogens is 384 g/mol.